The molecule has 10 heteroatoms. The molecule has 0 fully saturated rings. The van der Waals surface area contributed by atoms with Crippen LogP contribution in [0.3, 0.4) is 0 Å². The molecular formula is C13H12BrN5O2S2. The minimum absolute atomic E-state index is 0.213. The van der Waals surface area contributed by atoms with Gasteiger partial charge in [-0.05, 0) is 54.0 Å². The summed E-state index contributed by atoms with van der Waals surface area (Å²) in [5.41, 5.74) is 1.43. The lowest BCUT2D eigenvalue weighted by Gasteiger charge is -2.08. The third kappa shape index (κ3) is 3.43. The molecule has 0 aliphatic rings. The molecule has 0 saturated carbocycles. The first kappa shape index (κ1) is 16.1. The number of sulfonamides is 1. The lowest BCUT2D eigenvalue weighted by Crippen LogP contribution is -2.15. The van der Waals surface area contributed by atoms with Crippen molar-refractivity contribution in [2.75, 3.05) is 4.72 Å². The van der Waals surface area contributed by atoms with Gasteiger partial charge in [-0.2, -0.15) is 14.9 Å². The second-order valence-electron chi connectivity index (χ2n) is 4.78. The molecule has 23 heavy (non-hydrogen) atoms. The van der Waals surface area contributed by atoms with Crippen molar-refractivity contribution in [1.82, 2.24) is 20.0 Å². The highest BCUT2D eigenvalue weighted by Crippen LogP contribution is 2.28. The van der Waals surface area contributed by atoms with Crippen molar-refractivity contribution >= 4 is 43.1 Å². The Hall–Kier alpha value is -1.78. The fraction of sp³-hybridized carbons (Fsp3) is 0.154. The van der Waals surface area contributed by atoms with Gasteiger partial charge in [0.25, 0.3) is 10.0 Å². The van der Waals surface area contributed by atoms with Crippen LogP contribution in [0.2, 0.25) is 0 Å². The van der Waals surface area contributed by atoms with E-state index in [1.807, 2.05) is 6.92 Å². The number of halogens is 1. The fourth-order valence-electron chi connectivity index (χ4n) is 1.88. The lowest BCUT2D eigenvalue weighted by atomic mass is 10.4. The highest BCUT2D eigenvalue weighted by atomic mass is 79.9. The van der Waals surface area contributed by atoms with E-state index < -0.39 is 10.0 Å². The van der Waals surface area contributed by atoms with Gasteiger partial charge >= 0.3 is 0 Å². The van der Waals surface area contributed by atoms with Crippen LogP contribution in [0.15, 0.2) is 38.3 Å². The summed E-state index contributed by atoms with van der Waals surface area (Å²) in [5.74, 6) is 0.749. The van der Waals surface area contributed by atoms with Crippen molar-refractivity contribution < 1.29 is 8.42 Å². The van der Waals surface area contributed by atoms with Crippen LogP contribution in [0.5, 0.6) is 0 Å². The Balaban J connectivity index is 1.99. The van der Waals surface area contributed by atoms with Gasteiger partial charge in [-0.25, -0.2) is 8.42 Å². The first-order chi connectivity index (χ1) is 10.8. The van der Waals surface area contributed by atoms with Crippen molar-refractivity contribution in [3.8, 4) is 5.82 Å². The summed E-state index contributed by atoms with van der Waals surface area (Å²) in [6.45, 7) is 3.60. The predicted molar refractivity (Wildman–Crippen MR) is 91.5 cm³/mol. The summed E-state index contributed by atoms with van der Waals surface area (Å²) in [6.07, 6.45) is 0. The maximum atomic E-state index is 12.5. The first-order valence-electron chi connectivity index (χ1n) is 6.51. The van der Waals surface area contributed by atoms with Crippen LogP contribution in [0, 0.1) is 13.8 Å². The van der Waals surface area contributed by atoms with Crippen molar-refractivity contribution in [1.29, 1.82) is 0 Å². The number of thiophene rings is 1. The van der Waals surface area contributed by atoms with Gasteiger partial charge in [0.15, 0.2) is 5.82 Å². The molecular weight excluding hydrogens is 402 g/mol. The Kier molecular flexibility index (Phi) is 4.21. The monoisotopic (exact) mass is 413 g/mol. The van der Waals surface area contributed by atoms with Gasteiger partial charge in [0, 0.05) is 6.07 Å². The fourth-order valence-corrected chi connectivity index (χ4v) is 4.92. The normalized spacial score (nSPS) is 11.6. The zero-order valence-electron chi connectivity index (χ0n) is 12.2. The highest BCUT2D eigenvalue weighted by Gasteiger charge is 2.20. The van der Waals surface area contributed by atoms with Crippen LogP contribution in [-0.4, -0.2) is 28.4 Å². The van der Waals surface area contributed by atoms with Crippen LogP contribution < -0.4 is 4.72 Å². The molecule has 0 atom stereocenters. The number of rotatable bonds is 4. The topological polar surface area (TPSA) is 89.8 Å². The molecule has 3 aromatic rings. The minimum Gasteiger partial charge on any atom is -0.263 e. The van der Waals surface area contributed by atoms with Crippen molar-refractivity contribution in [3.05, 3.63) is 45.5 Å². The van der Waals surface area contributed by atoms with E-state index in [2.05, 4.69) is 35.9 Å². The molecule has 3 heterocycles. The van der Waals surface area contributed by atoms with E-state index >= 15 is 0 Å². The molecule has 120 valence electrons. The zero-order valence-corrected chi connectivity index (χ0v) is 15.4. The number of aryl methyl sites for hydroxylation is 2. The number of nitrogens with one attached hydrogen (secondary N) is 1. The second kappa shape index (κ2) is 6.02. The van der Waals surface area contributed by atoms with Gasteiger partial charge in [-0.1, -0.05) is 0 Å². The molecule has 3 aromatic heterocycles. The molecule has 0 radical (unpaired) electrons. The van der Waals surface area contributed by atoms with E-state index in [4.69, 9.17) is 0 Å². The largest absolute Gasteiger partial charge is 0.272 e. The van der Waals surface area contributed by atoms with Crippen LogP contribution in [0.4, 0.5) is 5.82 Å². The van der Waals surface area contributed by atoms with Gasteiger partial charge < -0.3 is 0 Å². The maximum absolute atomic E-state index is 12.5. The molecule has 7 nitrogen and oxygen atoms in total. The summed E-state index contributed by atoms with van der Waals surface area (Å²) in [4.78, 5) is 0. The zero-order chi connectivity index (χ0) is 16.6. The molecule has 0 aromatic carbocycles. The standard InChI is InChI=1S/C13H12BrN5O2S2/c1-8-3-5-11(16-15-8)19-12(7-9(2)17-19)18-23(20,21)13-6-4-10(14)22-13/h3-7,18H,1-2H3. The van der Waals surface area contributed by atoms with E-state index in [9.17, 15) is 8.42 Å². The van der Waals surface area contributed by atoms with Gasteiger partial charge in [0.1, 0.15) is 10.0 Å². The predicted octanol–water partition coefficient (Wildman–Crippen LogP) is 2.90. The average molecular weight is 414 g/mol. The van der Waals surface area contributed by atoms with E-state index in [1.54, 1.807) is 31.2 Å². The summed E-state index contributed by atoms with van der Waals surface area (Å²) in [6, 6.07) is 8.38. The molecule has 3 rings (SSSR count). The third-order valence-corrected chi connectivity index (χ3v) is 6.35. The van der Waals surface area contributed by atoms with Gasteiger partial charge in [0.2, 0.25) is 0 Å². The van der Waals surface area contributed by atoms with Gasteiger partial charge in [-0.3, -0.25) is 4.72 Å². The van der Waals surface area contributed by atoms with Crippen molar-refractivity contribution in [3.63, 3.8) is 0 Å². The van der Waals surface area contributed by atoms with Gasteiger partial charge in [-0.15, -0.1) is 16.4 Å². The van der Waals surface area contributed by atoms with E-state index in [1.165, 1.54) is 10.7 Å². The van der Waals surface area contributed by atoms with Gasteiger partial charge in [0.05, 0.1) is 15.2 Å². The summed E-state index contributed by atoms with van der Waals surface area (Å²) in [5, 5.41) is 12.3. The summed E-state index contributed by atoms with van der Waals surface area (Å²) >= 11 is 4.40. The smallest absolute Gasteiger partial charge is 0.263 e. The summed E-state index contributed by atoms with van der Waals surface area (Å²) < 4.78 is 29.8. The average Bonchev–Trinajstić information content (AvgIpc) is 3.06. The first-order valence-corrected chi connectivity index (χ1v) is 9.60. The van der Waals surface area contributed by atoms with E-state index in [0.29, 0.717) is 17.3 Å². The van der Waals surface area contributed by atoms with Crippen molar-refractivity contribution in [2.45, 2.75) is 18.1 Å². The second-order valence-corrected chi connectivity index (χ2v) is 9.15. The molecule has 0 unspecified atom stereocenters. The lowest BCUT2D eigenvalue weighted by molar-refractivity contribution is 0.602. The number of anilines is 1. The molecule has 1 N–H and O–H groups in total. The Morgan fingerprint density at radius 2 is 1.91 bits per heavy atom. The van der Waals surface area contributed by atoms with E-state index in [-0.39, 0.29) is 4.21 Å². The summed E-state index contributed by atoms with van der Waals surface area (Å²) in [7, 11) is -3.69. The Bertz CT molecular complexity index is 947. The molecule has 0 aliphatic heterocycles. The van der Waals surface area contributed by atoms with Crippen LogP contribution in [0.1, 0.15) is 11.4 Å². The molecule has 0 bridgehead atoms. The Labute approximate surface area is 145 Å². The quantitative estimate of drug-likeness (QED) is 0.709. The number of aromatic nitrogens is 4. The van der Waals surface area contributed by atoms with Crippen LogP contribution in [0.25, 0.3) is 5.82 Å². The molecule has 0 amide bonds. The Morgan fingerprint density at radius 3 is 2.52 bits per heavy atom. The third-order valence-electron chi connectivity index (χ3n) is 2.88. The minimum atomic E-state index is -3.69. The van der Waals surface area contributed by atoms with Crippen LogP contribution in [-0.2, 0) is 10.0 Å². The number of hydrogen-bond acceptors (Lipinski definition) is 6. The molecule has 0 saturated heterocycles. The van der Waals surface area contributed by atoms with E-state index in [0.717, 1.165) is 20.8 Å². The number of hydrogen-bond donors (Lipinski definition) is 1. The molecule has 0 aliphatic carbocycles. The highest BCUT2D eigenvalue weighted by molar-refractivity contribution is 9.11. The SMILES string of the molecule is Cc1ccc(-n2nc(C)cc2NS(=O)(=O)c2ccc(Br)s2)nn1. The van der Waals surface area contributed by atoms with Crippen molar-refractivity contribution in [2.24, 2.45) is 0 Å². The van der Waals surface area contributed by atoms with Crippen LogP contribution >= 0.6 is 27.3 Å². The number of nitrogens with zero attached hydrogens (tertiary/aromatic N) is 4. The molecule has 0 spiro atoms. The maximum Gasteiger partial charge on any atom is 0.272 e. The Morgan fingerprint density at radius 1 is 1.13 bits per heavy atom.